The van der Waals surface area contributed by atoms with Gasteiger partial charge < -0.3 is 0 Å². The topological polar surface area (TPSA) is 0 Å². The Bertz CT molecular complexity index is 1930. The van der Waals surface area contributed by atoms with Crippen LogP contribution in [0.3, 0.4) is 0 Å². The second kappa shape index (κ2) is 16.4. The van der Waals surface area contributed by atoms with E-state index in [1.807, 2.05) is 0 Å². The van der Waals surface area contributed by atoms with Crippen molar-refractivity contribution in [2.45, 2.75) is 132 Å². The van der Waals surface area contributed by atoms with Crippen molar-refractivity contribution in [1.82, 2.24) is 0 Å². The molecule has 0 amide bonds. The fraction of sp³-hybridized carbons (Fsp3) is 0.385. The highest BCUT2D eigenvalue weighted by atomic mass is 28.3. The van der Waals surface area contributed by atoms with Gasteiger partial charge in [0.15, 0.2) is 0 Å². The van der Waals surface area contributed by atoms with Crippen molar-refractivity contribution >= 4 is 19.2 Å². The zero-order chi connectivity index (χ0) is 38.8. The molecule has 0 saturated carbocycles. The number of hydrogen-bond acceptors (Lipinski definition) is 0. The monoisotopic (exact) mass is 714 g/mol. The first-order valence-corrected chi connectivity index (χ1v) is 23.0. The molecule has 274 valence electrons. The number of hydrogen-bond donors (Lipinski definition) is 0. The van der Waals surface area contributed by atoms with Gasteiger partial charge in [0.25, 0.3) is 0 Å². The quantitative estimate of drug-likeness (QED) is 0.126. The van der Waals surface area contributed by atoms with Crippen LogP contribution >= 0.6 is 0 Å². The Hall–Kier alpha value is -4.30. The molecule has 0 spiro atoms. The predicted octanol–water partition coefficient (Wildman–Crippen LogP) is 14.5. The van der Waals surface area contributed by atoms with Crippen LogP contribution < -0.4 is 0 Å². The molecule has 1 aliphatic rings. The first-order chi connectivity index (χ1) is 25.0. The number of allylic oxidation sites excluding steroid dienone is 4. The van der Waals surface area contributed by atoms with Crippen LogP contribution in [-0.2, 0) is 0 Å². The highest BCUT2D eigenvalue weighted by Crippen LogP contribution is 2.48. The summed E-state index contributed by atoms with van der Waals surface area (Å²) in [6.45, 7) is 32.6. The van der Waals surface area contributed by atoms with Crippen LogP contribution in [0.2, 0.25) is 13.1 Å². The molecule has 0 aliphatic carbocycles. The maximum absolute atomic E-state index is 3.96. The molecule has 53 heavy (non-hydrogen) atoms. The van der Waals surface area contributed by atoms with E-state index in [4.69, 9.17) is 0 Å². The molecule has 1 heterocycles. The van der Waals surface area contributed by atoms with Crippen LogP contribution in [0.25, 0.3) is 11.1 Å². The zero-order valence-electron chi connectivity index (χ0n) is 35.0. The van der Waals surface area contributed by atoms with Crippen LogP contribution in [-0.4, -0.2) is 8.07 Å². The first-order valence-electron chi connectivity index (χ1n) is 20.0. The van der Waals surface area contributed by atoms with Gasteiger partial charge in [-0.05, 0) is 91.2 Å². The highest BCUT2D eigenvalue weighted by Gasteiger charge is 2.42. The smallest absolute Gasteiger partial charge is 0.0696 e. The van der Waals surface area contributed by atoms with E-state index in [2.05, 4.69) is 205 Å². The zero-order valence-corrected chi connectivity index (χ0v) is 36.0. The average molecular weight is 715 g/mol. The lowest BCUT2D eigenvalue weighted by atomic mass is 9.84. The largest absolute Gasteiger partial charge is 0.135 e. The average Bonchev–Trinajstić information content (AvgIpc) is 3.34. The molecule has 4 aromatic carbocycles. The van der Waals surface area contributed by atoms with Gasteiger partial charge in [-0.15, -0.1) is 0 Å². The van der Waals surface area contributed by atoms with E-state index >= 15 is 0 Å². The van der Waals surface area contributed by atoms with E-state index in [1.165, 1.54) is 77.2 Å². The van der Waals surface area contributed by atoms with Crippen molar-refractivity contribution in [2.24, 2.45) is 0 Å². The Labute approximate surface area is 324 Å². The standard InChI is InChI=1S/C52H62Si/c1-33(2)41-29-45(35(5)6)43(46(30-41)36(7)8)25-27-49-51(39-21-17-15-18-22-39)52(40-23-19-16-20-24-40)50(53(49,13)14)28-26-44-47(37(9)10)31-42(34(3)4)32-48(44)38(11)12/h15-24,29-38H,1-14H3. The molecule has 0 saturated heterocycles. The molecule has 0 fully saturated rings. The Morgan fingerprint density at radius 2 is 0.660 bits per heavy atom. The van der Waals surface area contributed by atoms with Crippen molar-refractivity contribution in [2.75, 3.05) is 0 Å². The van der Waals surface area contributed by atoms with Gasteiger partial charge in [0, 0.05) is 21.5 Å². The Morgan fingerprint density at radius 3 is 0.906 bits per heavy atom. The van der Waals surface area contributed by atoms with Gasteiger partial charge in [-0.25, -0.2) is 0 Å². The molecule has 0 nitrogen and oxygen atoms in total. The van der Waals surface area contributed by atoms with Crippen molar-refractivity contribution in [3.05, 3.63) is 151 Å². The van der Waals surface area contributed by atoms with E-state index in [0.29, 0.717) is 35.5 Å². The lowest BCUT2D eigenvalue weighted by Gasteiger charge is -2.21. The molecular formula is C52H62Si. The molecular weight excluding hydrogens is 653 g/mol. The van der Waals surface area contributed by atoms with Crippen LogP contribution in [0.5, 0.6) is 0 Å². The Morgan fingerprint density at radius 1 is 0.377 bits per heavy atom. The fourth-order valence-corrected chi connectivity index (χ4v) is 10.5. The normalized spacial score (nSPS) is 14.2. The first kappa shape index (κ1) is 39.9. The predicted molar refractivity (Wildman–Crippen MR) is 235 cm³/mol. The van der Waals surface area contributed by atoms with Gasteiger partial charge >= 0.3 is 0 Å². The molecule has 4 aromatic rings. The molecule has 0 unspecified atom stereocenters. The molecule has 0 N–H and O–H groups in total. The van der Waals surface area contributed by atoms with Crippen LogP contribution in [0.4, 0.5) is 0 Å². The van der Waals surface area contributed by atoms with Gasteiger partial charge in [-0.3, -0.25) is 0 Å². The second-order valence-corrected chi connectivity index (χ2v) is 21.7. The summed E-state index contributed by atoms with van der Waals surface area (Å²) in [6.07, 6.45) is 0. The number of benzene rings is 4. The van der Waals surface area contributed by atoms with E-state index in [9.17, 15) is 0 Å². The van der Waals surface area contributed by atoms with Gasteiger partial charge in [0.1, 0.15) is 8.07 Å². The summed E-state index contributed by atoms with van der Waals surface area (Å²) in [5.74, 6) is 18.1. The lowest BCUT2D eigenvalue weighted by molar-refractivity contribution is 0.800. The van der Waals surface area contributed by atoms with Gasteiger partial charge in [0.2, 0.25) is 0 Å². The summed E-state index contributed by atoms with van der Waals surface area (Å²) in [6, 6.07) is 31.6. The summed E-state index contributed by atoms with van der Waals surface area (Å²) >= 11 is 0. The van der Waals surface area contributed by atoms with Crippen LogP contribution in [0.15, 0.2) is 95.3 Å². The van der Waals surface area contributed by atoms with Gasteiger partial charge in [0.05, 0.1) is 0 Å². The maximum Gasteiger partial charge on any atom is 0.135 e. The van der Waals surface area contributed by atoms with Crippen molar-refractivity contribution < 1.29 is 0 Å². The molecule has 1 aliphatic heterocycles. The van der Waals surface area contributed by atoms with E-state index < -0.39 is 8.07 Å². The van der Waals surface area contributed by atoms with E-state index in [1.54, 1.807) is 0 Å². The summed E-state index contributed by atoms with van der Waals surface area (Å²) < 4.78 is 0. The van der Waals surface area contributed by atoms with Gasteiger partial charge in [-0.1, -0.05) is 205 Å². The van der Waals surface area contributed by atoms with Crippen molar-refractivity contribution in [1.29, 1.82) is 0 Å². The van der Waals surface area contributed by atoms with Crippen LogP contribution in [0.1, 0.15) is 174 Å². The Balaban J connectivity index is 1.87. The molecule has 0 aromatic heterocycles. The molecule has 0 atom stereocenters. The number of rotatable bonds is 8. The summed E-state index contributed by atoms with van der Waals surface area (Å²) in [5.41, 5.74) is 15.6. The van der Waals surface area contributed by atoms with Crippen LogP contribution in [0, 0.1) is 23.7 Å². The molecule has 0 radical (unpaired) electrons. The molecule has 0 bridgehead atoms. The summed E-state index contributed by atoms with van der Waals surface area (Å²) in [5, 5.41) is 2.54. The third kappa shape index (κ3) is 8.28. The Kier molecular flexibility index (Phi) is 12.3. The minimum absolute atomic E-state index is 0.374. The minimum Gasteiger partial charge on any atom is -0.0696 e. The van der Waals surface area contributed by atoms with E-state index in [0.717, 1.165) is 0 Å². The summed E-state index contributed by atoms with van der Waals surface area (Å²) in [7, 11) is -2.42. The maximum atomic E-state index is 3.96. The molecule has 5 rings (SSSR count). The fourth-order valence-electron chi connectivity index (χ4n) is 7.67. The molecule has 1 heteroatoms. The second-order valence-electron chi connectivity index (χ2n) is 17.4. The third-order valence-corrected chi connectivity index (χ3v) is 14.3. The summed E-state index contributed by atoms with van der Waals surface area (Å²) in [4.78, 5) is 0. The van der Waals surface area contributed by atoms with Crippen molar-refractivity contribution in [3.8, 4) is 23.7 Å². The lowest BCUT2D eigenvalue weighted by Crippen LogP contribution is -2.29. The van der Waals surface area contributed by atoms with Gasteiger partial charge in [-0.2, -0.15) is 0 Å². The SMILES string of the molecule is CC(C)c1cc(C(C)C)c(C#CC2=C(c3ccccc3)C(c3ccccc3)=C(C#Cc3c(C(C)C)cc(C(C)C)cc3C(C)C)[Si]2(C)C)c(C(C)C)c1. The third-order valence-electron chi connectivity index (χ3n) is 11.0. The van der Waals surface area contributed by atoms with Crippen molar-refractivity contribution in [3.63, 3.8) is 0 Å². The minimum atomic E-state index is -2.42. The highest BCUT2D eigenvalue weighted by molar-refractivity contribution is 6.96. The van der Waals surface area contributed by atoms with E-state index in [-0.39, 0.29) is 0 Å².